The molecule has 0 atom stereocenters. The summed E-state index contributed by atoms with van der Waals surface area (Å²) < 4.78 is 0. The predicted molar refractivity (Wildman–Crippen MR) is 67.3 cm³/mol. The van der Waals surface area contributed by atoms with Gasteiger partial charge in [0.25, 0.3) is 5.91 Å². The van der Waals surface area contributed by atoms with Crippen molar-refractivity contribution < 1.29 is 14.7 Å². The summed E-state index contributed by atoms with van der Waals surface area (Å²) in [6.07, 6.45) is 0. The smallest absolute Gasteiger partial charge is 0.355 e. The van der Waals surface area contributed by atoms with Crippen molar-refractivity contribution in [2.45, 2.75) is 6.54 Å². The molecule has 2 heterocycles. The van der Waals surface area contributed by atoms with Crippen molar-refractivity contribution in [3.8, 4) is 0 Å². The third-order valence-corrected chi connectivity index (χ3v) is 3.03. The Morgan fingerprint density at radius 2 is 2.21 bits per heavy atom. The lowest BCUT2D eigenvalue weighted by molar-refractivity contribution is 0.0691. The van der Waals surface area contributed by atoms with Gasteiger partial charge in [-0.3, -0.25) is 9.59 Å². The number of H-pyrrole nitrogens is 1. The lowest BCUT2D eigenvalue weighted by Crippen LogP contribution is -2.25. The molecule has 8 heteroatoms. The number of hydrogen-bond acceptors (Lipinski definition) is 5. The van der Waals surface area contributed by atoms with Gasteiger partial charge in [0.2, 0.25) is 5.56 Å². The van der Waals surface area contributed by atoms with Crippen LogP contribution in [0.1, 0.15) is 26.0 Å². The molecule has 0 aliphatic rings. The number of rotatable bonds is 4. The van der Waals surface area contributed by atoms with Crippen LogP contribution in [0.25, 0.3) is 0 Å². The standard InChI is InChI=1S/C11H9N3O4S/c15-8-3-1-2-6(13-8)10(16)12-4-9-14-7(5-19-9)11(17)18/h1-3,5H,4H2,(H,12,16)(H,13,15)(H,17,18). The van der Waals surface area contributed by atoms with Crippen molar-refractivity contribution in [2.24, 2.45) is 0 Å². The monoisotopic (exact) mass is 279 g/mol. The zero-order valence-electron chi connectivity index (χ0n) is 9.54. The van der Waals surface area contributed by atoms with Crippen molar-refractivity contribution in [3.63, 3.8) is 0 Å². The predicted octanol–water partition coefficient (Wildman–Crippen LogP) is 0.460. The molecule has 0 saturated heterocycles. The fraction of sp³-hybridized carbons (Fsp3) is 0.0909. The van der Waals surface area contributed by atoms with Crippen molar-refractivity contribution in [3.05, 3.63) is 50.3 Å². The van der Waals surface area contributed by atoms with Crippen LogP contribution < -0.4 is 10.9 Å². The van der Waals surface area contributed by atoms with E-state index in [2.05, 4.69) is 15.3 Å². The highest BCUT2D eigenvalue weighted by Crippen LogP contribution is 2.09. The molecule has 1 amide bonds. The highest BCUT2D eigenvalue weighted by Gasteiger charge is 2.10. The first-order chi connectivity index (χ1) is 9.06. The highest BCUT2D eigenvalue weighted by atomic mass is 32.1. The number of carbonyl (C=O) groups excluding carboxylic acids is 1. The molecule has 19 heavy (non-hydrogen) atoms. The highest BCUT2D eigenvalue weighted by molar-refractivity contribution is 7.09. The second kappa shape index (κ2) is 5.44. The second-order valence-electron chi connectivity index (χ2n) is 3.54. The van der Waals surface area contributed by atoms with Crippen LogP contribution in [0.5, 0.6) is 0 Å². The molecular formula is C11H9N3O4S. The number of thiazole rings is 1. The Bertz CT molecular complexity index is 676. The average molecular weight is 279 g/mol. The summed E-state index contributed by atoms with van der Waals surface area (Å²) in [6.45, 7) is 0.105. The minimum absolute atomic E-state index is 0.0534. The number of aromatic nitrogens is 2. The van der Waals surface area contributed by atoms with Crippen molar-refractivity contribution in [1.82, 2.24) is 15.3 Å². The van der Waals surface area contributed by atoms with E-state index < -0.39 is 11.9 Å². The van der Waals surface area contributed by atoms with Crippen molar-refractivity contribution >= 4 is 23.2 Å². The SMILES string of the molecule is O=C(O)c1csc(CNC(=O)c2cccc(=O)[nH]2)n1. The summed E-state index contributed by atoms with van der Waals surface area (Å²) in [5.74, 6) is -1.56. The van der Waals surface area contributed by atoms with Gasteiger partial charge in [0.15, 0.2) is 5.69 Å². The summed E-state index contributed by atoms with van der Waals surface area (Å²) >= 11 is 1.14. The number of carboxylic acids is 1. The maximum absolute atomic E-state index is 11.7. The Balaban J connectivity index is 2.00. The average Bonchev–Trinajstić information content (AvgIpc) is 2.85. The van der Waals surface area contributed by atoms with Crippen molar-refractivity contribution in [2.75, 3.05) is 0 Å². The van der Waals surface area contributed by atoms with E-state index in [1.54, 1.807) is 0 Å². The number of carboxylic acid groups (broad SMARTS) is 1. The Morgan fingerprint density at radius 1 is 1.42 bits per heavy atom. The van der Waals surface area contributed by atoms with Gasteiger partial charge in [-0.05, 0) is 6.07 Å². The summed E-state index contributed by atoms with van der Waals surface area (Å²) in [6, 6.07) is 4.25. The first-order valence-corrected chi connectivity index (χ1v) is 6.09. The van der Waals surface area contributed by atoms with E-state index in [1.807, 2.05) is 0 Å². The fourth-order valence-corrected chi connectivity index (χ4v) is 2.03. The lowest BCUT2D eigenvalue weighted by Gasteiger charge is -2.02. The minimum atomic E-state index is -1.11. The van der Waals surface area contributed by atoms with Gasteiger partial charge in [-0.2, -0.15) is 0 Å². The van der Waals surface area contributed by atoms with E-state index in [0.717, 1.165) is 11.3 Å². The quantitative estimate of drug-likeness (QED) is 0.752. The zero-order valence-corrected chi connectivity index (χ0v) is 10.4. The second-order valence-corrected chi connectivity index (χ2v) is 4.49. The molecule has 0 spiro atoms. The molecule has 0 aromatic carbocycles. The number of amides is 1. The molecular weight excluding hydrogens is 270 g/mol. The van der Waals surface area contributed by atoms with Gasteiger partial charge in [0.05, 0.1) is 6.54 Å². The van der Waals surface area contributed by atoms with Crippen LogP contribution >= 0.6 is 11.3 Å². The van der Waals surface area contributed by atoms with E-state index >= 15 is 0 Å². The maximum atomic E-state index is 11.7. The molecule has 2 rings (SSSR count). The Labute approximate surface area is 110 Å². The zero-order chi connectivity index (χ0) is 13.8. The van der Waals surface area contributed by atoms with Crippen LogP contribution in [-0.4, -0.2) is 27.0 Å². The first kappa shape index (κ1) is 13.0. The molecule has 0 bridgehead atoms. The summed E-state index contributed by atoms with van der Waals surface area (Å²) in [4.78, 5) is 39.6. The number of nitrogens with one attached hydrogen (secondary N) is 2. The number of aromatic carboxylic acids is 1. The van der Waals surface area contributed by atoms with Gasteiger partial charge in [0.1, 0.15) is 10.7 Å². The summed E-state index contributed by atoms with van der Waals surface area (Å²) in [5.41, 5.74) is -0.278. The molecule has 98 valence electrons. The minimum Gasteiger partial charge on any atom is -0.476 e. The normalized spacial score (nSPS) is 10.1. The molecule has 0 fully saturated rings. The molecule has 0 aliphatic heterocycles. The fourth-order valence-electron chi connectivity index (χ4n) is 1.32. The van der Waals surface area contributed by atoms with Gasteiger partial charge >= 0.3 is 5.97 Å². The molecule has 0 radical (unpaired) electrons. The van der Waals surface area contributed by atoms with E-state index in [0.29, 0.717) is 5.01 Å². The third-order valence-electron chi connectivity index (χ3n) is 2.18. The molecule has 3 N–H and O–H groups in total. The number of aromatic amines is 1. The van der Waals surface area contributed by atoms with E-state index in [-0.39, 0.29) is 23.5 Å². The molecule has 7 nitrogen and oxygen atoms in total. The van der Waals surface area contributed by atoms with E-state index in [4.69, 9.17) is 5.11 Å². The molecule has 2 aromatic heterocycles. The van der Waals surface area contributed by atoms with Gasteiger partial charge < -0.3 is 15.4 Å². The number of nitrogens with zero attached hydrogens (tertiary/aromatic N) is 1. The Kier molecular flexibility index (Phi) is 3.71. The summed E-state index contributed by atoms with van der Waals surface area (Å²) in [7, 11) is 0. The van der Waals surface area contributed by atoms with Crippen molar-refractivity contribution in [1.29, 1.82) is 0 Å². The Hall–Kier alpha value is -2.48. The molecule has 2 aromatic rings. The topological polar surface area (TPSA) is 112 Å². The Morgan fingerprint density at radius 3 is 2.84 bits per heavy atom. The van der Waals surface area contributed by atoms with E-state index in [1.165, 1.54) is 23.6 Å². The van der Waals surface area contributed by atoms with Crippen LogP contribution in [0.15, 0.2) is 28.4 Å². The molecule has 0 saturated carbocycles. The lowest BCUT2D eigenvalue weighted by atomic mass is 10.3. The van der Waals surface area contributed by atoms with Gasteiger partial charge in [-0.25, -0.2) is 9.78 Å². The largest absolute Gasteiger partial charge is 0.476 e. The molecule has 0 aliphatic carbocycles. The van der Waals surface area contributed by atoms with Gasteiger partial charge in [-0.15, -0.1) is 11.3 Å². The van der Waals surface area contributed by atoms with Gasteiger partial charge in [0, 0.05) is 11.4 Å². The van der Waals surface area contributed by atoms with Crippen LogP contribution in [-0.2, 0) is 6.54 Å². The number of hydrogen-bond donors (Lipinski definition) is 3. The van der Waals surface area contributed by atoms with E-state index in [9.17, 15) is 14.4 Å². The number of carbonyl (C=O) groups is 2. The summed E-state index contributed by atoms with van der Waals surface area (Å²) in [5, 5.41) is 13.1. The third kappa shape index (κ3) is 3.26. The van der Waals surface area contributed by atoms with Crippen LogP contribution in [0.3, 0.4) is 0 Å². The van der Waals surface area contributed by atoms with Crippen LogP contribution in [0.4, 0.5) is 0 Å². The van der Waals surface area contributed by atoms with Crippen LogP contribution in [0.2, 0.25) is 0 Å². The number of pyridine rings is 1. The van der Waals surface area contributed by atoms with Gasteiger partial charge in [-0.1, -0.05) is 6.07 Å². The molecule has 0 unspecified atom stereocenters. The van der Waals surface area contributed by atoms with Crippen LogP contribution in [0, 0.1) is 0 Å². The maximum Gasteiger partial charge on any atom is 0.355 e. The first-order valence-electron chi connectivity index (χ1n) is 5.21.